The van der Waals surface area contributed by atoms with E-state index in [0.717, 1.165) is 12.1 Å². The van der Waals surface area contributed by atoms with Gasteiger partial charge in [-0.3, -0.25) is 0 Å². The molecule has 0 radical (unpaired) electrons. The predicted octanol–water partition coefficient (Wildman–Crippen LogP) is 3.97. The first-order valence-electron chi connectivity index (χ1n) is 5.58. The number of halogens is 4. The van der Waals surface area contributed by atoms with E-state index >= 15 is 0 Å². The summed E-state index contributed by atoms with van der Waals surface area (Å²) in [5.74, 6) is -0.580. The molecule has 0 bridgehead atoms. The summed E-state index contributed by atoms with van der Waals surface area (Å²) in [4.78, 5) is 0. The number of hydrogen-bond donors (Lipinski definition) is 1. The van der Waals surface area contributed by atoms with Crippen LogP contribution in [0.5, 0.6) is 0 Å². The average Bonchev–Trinajstić information content (AvgIpc) is 2.37. The van der Waals surface area contributed by atoms with Gasteiger partial charge in [0.25, 0.3) is 0 Å². The Kier molecular flexibility index (Phi) is 3.57. The first kappa shape index (κ1) is 13.5. The molecule has 0 aliphatic carbocycles. The summed E-state index contributed by atoms with van der Waals surface area (Å²) < 4.78 is 52.0. The van der Waals surface area contributed by atoms with E-state index in [1.54, 1.807) is 0 Å². The fourth-order valence-corrected chi connectivity index (χ4v) is 1.86. The van der Waals surface area contributed by atoms with Crippen molar-refractivity contribution in [3.8, 4) is 11.1 Å². The first-order chi connectivity index (χ1) is 8.91. The number of rotatable bonds is 2. The van der Waals surface area contributed by atoms with Crippen LogP contribution >= 0.6 is 0 Å². The van der Waals surface area contributed by atoms with Crippen LogP contribution in [-0.2, 0) is 12.7 Å². The van der Waals surface area contributed by atoms with E-state index in [-0.39, 0.29) is 17.7 Å². The Balaban J connectivity index is 2.65. The van der Waals surface area contributed by atoms with E-state index < -0.39 is 17.6 Å². The second-order valence-corrected chi connectivity index (χ2v) is 4.09. The molecule has 0 atom stereocenters. The minimum Gasteiger partial charge on any atom is -0.326 e. The summed E-state index contributed by atoms with van der Waals surface area (Å²) in [7, 11) is 0. The normalized spacial score (nSPS) is 11.6. The second-order valence-electron chi connectivity index (χ2n) is 4.09. The van der Waals surface area contributed by atoms with Crippen LogP contribution in [0.4, 0.5) is 17.6 Å². The van der Waals surface area contributed by atoms with Crippen molar-refractivity contribution in [3.05, 3.63) is 59.4 Å². The molecule has 2 aromatic carbocycles. The fourth-order valence-electron chi connectivity index (χ4n) is 1.86. The molecule has 0 spiro atoms. The van der Waals surface area contributed by atoms with E-state index in [9.17, 15) is 17.6 Å². The molecule has 2 rings (SSSR count). The van der Waals surface area contributed by atoms with Gasteiger partial charge in [-0.25, -0.2) is 4.39 Å². The number of benzene rings is 2. The lowest BCUT2D eigenvalue weighted by Gasteiger charge is -2.14. The molecule has 19 heavy (non-hydrogen) atoms. The van der Waals surface area contributed by atoms with Crippen LogP contribution in [-0.4, -0.2) is 0 Å². The van der Waals surface area contributed by atoms with Gasteiger partial charge >= 0.3 is 6.18 Å². The summed E-state index contributed by atoms with van der Waals surface area (Å²) in [6.07, 6.45) is -4.49. The zero-order valence-electron chi connectivity index (χ0n) is 9.84. The molecule has 5 heteroatoms. The molecule has 1 nitrogen and oxygen atoms in total. The van der Waals surface area contributed by atoms with E-state index in [4.69, 9.17) is 5.73 Å². The number of hydrogen-bond acceptors (Lipinski definition) is 1. The van der Waals surface area contributed by atoms with Crippen molar-refractivity contribution in [3.63, 3.8) is 0 Å². The maximum atomic E-state index is 13.2. The van der Waals surface area contributed by atoms with Gasteiger partial charge in [0.2, 0.25) is 0 Å². The predicted molar refractivity (Wildman–Crippen MR) is 64.7 cm³/mol. The molecule has 0 saturated heterocycles. The van der Waals surface area contributed by atoms with Crippen molar-refractivity contribution in [2.75, 3.05) is 0 Å². The molecule has 0 aliphatic heterocycles. The highest BCUT2D eigenvalue weighted by Crippen LogP contribution is 2.37. The van der Waals surface area contributed by atoms with E-state index in [1.165, 1.54) is 30.3 Å². The Hall–Kier alpha value is -1.88. The van der Waals surface area contributed by atoms with Crippen LogP contribution in [0.1, 0.15) is 11.1 Å². The monoisotopic (exact) mass is 269 g/mol. The van der Waals surface area contributed by atoms with E-state index in [0.29, 0.717) is 5.56 Å². The van der Waals surface area contributed by atoms with Crippen molar-refractivity contribution < 1.29 is 17.6 Å². The van der Waals surface area contributed by atoms with Crippen LogP contribution in [0, 0.1) is 5.82 Å². The Morgan fingerprint density at radius 2 is 1.74 bits per heavy atom. The van der Waals surface area contributed by atoms with Gasteiger partial charge in [0.05, 0.1) is 5.56 Å². The highest BCUT2D eigenvalue weighted by molar-refractivity contribution is 5.69. The zero-order chi connectivity index (χ0) is 14.0. The third-order valence-corrected chi connectivity index (χ3v) is 2.76. The topological polar surface area (TPSA) is 26.0 Å². The van der Waals surface area contributed by atoms with Crippen molar-refractivity contribution in [2.45, 2.75) is 12.7 Å². The van der Waals surface area contributed by atoms with E-state index in [2.05, 4.69) is 0 Å². The summed E-state index contributed by atoms with van der Waals surface area (Å²) in [5, 5.41) is 0. The highest BCUT2D eigenvalue weighted by Gasteiger charge is 2.33. The quantitative estimate of drug-likeness (QED) is 0.820. The molecule has 0 heterocycles. The van der Waals surface area contributed by atoms with Crippen LogP contribution < -0.4 is 5.73 Å². The Labute approximate surface area is 107 Å². The molecule has 0 saturated carbocycles. The molecule has 2 aromatic rings. The van der Waals surface area contributed by atoms with Gasteiger partial charge in [0, 0.05) is 6.54 Å². The summed E-state index contributed by atoms with van der Waals surface area (Å²) in [6, 6.07) is 8.72. The molecule has 0 amide bonds. The molecule has 0 fully saturated rings. The molecular weight excluding hydrogens is 258 g/mol. The Morgan fingerprint density at radius 1 is 1.00 bits per heavy atom. The van der Waals surface area contributed by atoms with Gasteiger partial charge in [-0.15, -0.1) is 0 Å². The second kappa shape index (κ2) is 5.01. The zero-order valence-corrected chi connectivity index (χ0v) is 9.84. The highest BCUT2D eigenvalue weighted by atomic mass is 19.4. The summed E-state index contributed by atoms with van der Waals surface area (Å²) in [5.41, 5.74) is 5.32. The van der Waals surface area contributed by atoms with Gasteiger partial charge in [-0.05, 0) is 41.0 Å². The molecule has 0 aliphatic rings. The number of alkyl halides is 3. The largest absolute Gasteiger partial charge is 0.417 e. The molecular formula is C14H11F4N. The third-order valence-electron chi connectivity index (χ3n) is 2.76. The van der Waals surface area contributed by atoms with Crippen molar-refractivity contribution >= 4 is 0 Å². The van der Waals surface area contributed by atoms with Gasteiger partial charge in [0.15, 0.2) is 0 Å². The maximum Gasteiger partial charge on any atom is 0.417 e. The van der Waals surface area contributed by atoms with Gasteiger partial charge in [-0.2, -0.15) is 13.2 Å². The van der Waals surface area contributed by atoms with Gasteiger partial charge in [0.1, 0.15) is 5.82 Å². The SMILES string of the molecule is NCc1ccc(C(F)(F)F)c(-c2cccc(F)c2)c1. The van der Waals surface area contributed by atoms with Gasteiger partial charge in [-0.1, -0.05) is 18.2 Å². The van der Waals surface area contributed by atoms with Crippen molar-refractivity contribution in [1.82, 2.24) is 0 Å². The molecule has 2 N–H and O–H groups in total. The number of nitrogens with two attached hydrogens (primary N) is 1. The van der Waals surface area contributed by atoms with Crippen molar-refractivity contribution in [2.24, 2.45) is 5.73 Å². The summed E-state index contributed by atoms with van der Waals surface area (Å²) in [6.45, 7) is 0.125. The standard InChI is InChI=1S/C14H11F4N/c15-11-3-1-2-10(7-11)12-6-9(8-19)4-5-13(12)14(16,17)18/h1-7H,8,19H2. The third kappa shape index (κ3) is 2.93. The van der Waals surface area contributed by atoms with Crippen LogP contribution in [0.25, 0.3) is 11.1 Å². The van der Waals surface area contributed by atoms with Crippen LogP contribution in [0.2, 0.25) is 0 Å². The minimum absolute atomic E-state index is 0.0602. The minimum atomic E-state index is -4.49. The fraction of sp³-hybridized carbons (Fsp3) is 0.143. The van der Waals surface area contributed by atoms with Crippen LogP contribution in [0.3, 0.4) is 0 Å². The first-order valence-corrected chi connectivity index (χ1v) is 5.58. The van der Waals surface area contributed by atoms with Crippen molar-refractivity contribution in [1.29, 1.82) is 0 Å². The Bertz CT molecular complexity index is 590. The van der Waals surface area contributed by atoms with Crippen LogP contribution in [0.15, 0.2) is 42.5 Å². The lowest BCUT2D eigenvalue weighted by molar-refractivity contribution is -0.137. The lowest BCUT2D eigenvalue weighted by atomic mass is 9.97. The maximum absolute atomic E-state index is 13.2. The molecule has 100 valence electrons. The summed E-state index contributed by atoms with van der Waals surface area (Å²) >= 11 is 0. The molecule has 0 aromatic heterocycles. The lowest BCUT2D eigenvalue weighted by Crippen LogP contribution is -2.08. The smallest absolute Gasteiger partial charge is 0.326 e. The average molecular weight is 269 g/mol. The molecule has 0 unspecified atom stereocenters. The Morgan fingerprint density at radius 3 is 2.32 bits per heavy atom. The van der Waals surface area contributed by atoms with E-state index in [1.807, 2.05) is 0 Å². The van der Waals surface area contributed by atoms with Gasteiger partial charge < -0.3 is 5.73 Å².